The topological polar surface area (TPSA) is 88.9 Å². The molecular weight excluding hydrogens is 463 g/mol. The van der Waals surface area contributed by atoms with Crippen LogP contribution in [-0.4, -0.2) is 81.8 Å². The van der Waals surface area contributed by atoms with Crippen molar-refractivity contribution in [3.05, 3.63) is 29.3 Å². The van der Waals surface area contributed by atoms with E-state index in [4.69, 9.17) is 10.00 Å². The van der Waals surface area contributed by atoms with Gasteiger partial charge in [0, 0.05) is 59.7 Å². The van der Waals surface area contributed by atoms with E-state index in [9.17, 15) is 22.8 Å². The molecule has 0 radical (unpaired) electrons. The number of hydrogen-bond acceptors (Lipinski definition) is 5. The highest BCUT2D eigenvalue weighted by Crippen LogP contribution is 2.45. The van der Waals surface area contributed by atoms with Gasteiger partial charge in [0.1, 0.15) is 6.04 Å². The van der Waals surface area contributed by atoms with Crippen LogP contribution in [0.25, 0.3) is 0 Å². The molecule has 0 aromatic heterocycles. The third-order valence-corrected chi connectivity index (χ3v) is 6.91. The number of carbonyl (C=O) groups is 2. The van der Waals surface area contributed by atoms with Crippen LogP contribution in [0.3, 0.4) is 0 Å². The van der Waals surface area contributed by atoms with E-state index in [-0.39, 0.29) is 17.4 Å². The lowest BCUT2D eigenvalue weighted by atomic mass is 9.76. The van der Waals surface area contributed by atoms with Gasteiger partial charge in [0.15, 0.2) is 0 Å². The standard InChI is InChI=1S/C24H32F3N5O3/c1-30(2)21(33)20-14-23(16-32(20)22(34)29-9-4-12-35-3)7-10-31(11-8-23)18-6-5-17(15-28)19(13-18)24(25,26)27/h5-6,13,20H,4,7-12,14,16H2,1-3H3,(H,29,34). The molecule has 1 unspecified atom stereocenters. The number of nitrogens with zero attached hydrogens (tertiary/aromatic N) is 4. The van der Waals surface area contributed by atoms with Gasteiger partial charge in [0.25, 0.3) is 0 Å². The van der Waals surface area contributed by atoms with E-state index >= 15 is 0 Å². The van der Waals surface area contributed by atoms with Gasteiger partial charge in [-0.1, -0.05) is 0 Å². The lowest BCUT2D eigenvalue weighted by Gasteiger charge is -2.40. The van der Waals surface area contributed by atoms with Gasteiger partial charge >= 0.3 is 12.2 Å². The molecule has 3 rings (SSSR count). The Morgan fingerprint density at radius 3 is 2.54 bits per heavy atom. The molecule has 0 bridgehead atoms. The Labute approximate surface area is 203 Å². The first-order valence-electron chi connectivity index (χ1n) is 11.6. The smallest absolute Gasteiger partial charge is 0.385 e. The molecule has 1 spiro atoms. The highest BCUT2D eigenvalue weighted by atomic mass is 19.4. The fourth-order valence-electron chi connectivity index (χ4n) is 4.96. The molecule has 1 atom stereocenters. The van der Waals surface area contributed by atoms with Gasteiger partial charge in [-0.3, -0.25) is 4.79 Å². The predicted octanol–water partition coefficient (Wildman–Crippen LogP) is 3.07. The molecule has 11 heteroatoms. The fourth-order valence-corrected chi connectivity index (χ4v) is 4.96. The van der Waals surface area contributed by atoms with Crippen LogP contribution in [0.4, 0.5) is 23.7 Å². The van der Waals surface area contributed by atoms with Crippen molar-refractivity contribution in [2.75, 3.05) is 58.9 Å². The Morgan fingerprint density at radius 1 is 1.29 bits per heavy atom. The van der Waals surface area contributed by atoms with E-state index < -0.39 is 23.3 Å². The minimum Gasteiger partial charge on any atom is -0.385 e. The first-order chi connectivity index (χ1) is 16.5. The molecule has 1 aromatic carbocycles. The molecule has 2 heterocycles. The summed E-state index contributed by atoms with van der Waals surface area (Å²) in [5, 5.41) is 11.9. The molecule has 8 nitrogen and oxygen atoms in total. The van der Waals surface area contributed by atoms with E-state index in [1.807, 2.05) is 4.90 Å². The number of likely N-dealkylation sites (tertiary alicyclic amines) is 1. The number of piperidine rings is 1. The lowest BCUT2D eigenvalue weighted by Crippen LogP contribution is -2.49. The van der Waals surface area contributed by atoms with Crippen molar-refractivity contribution >= 4 is 17.6 Å². The number of rotatable bonds is 6. The molecule has 0 saturated carbocycles. The number of methoxy groups -OCH3 is 1. The van der Waals surface area contributed by atoms with Crippen molar-refractivity contribution in [2.45, 2.75) is 37.9 Å². The number of hydrogen-bond donors (Lipinski definition) is 1. The molecule has 1 N–H and O–H groups in total. The molecular formula is C24H32F3N5O3. The Morgan fingerprint density at radius 2 is 1.97 bits per heavy atom. The zero-order valence-electron chi connectivity index (χ0n) is 20.3. The molecule has 2 aliphatic rings. The first kappa shape index (κ1) is 26.6. The highest BCUT2D eigenvalue weighted by Gasteiger charge is 2.50. The summed E-state index contributed by atoms with van der Waals surface area (Å²) >= 11 is 0. The number of nitrogens with one attached hydrogen (secondary N) is 1. The number of halogens is 3. The van der Waals surface area contributed by atoms with Crippen molar-refractivity contribution in [2.24, 2.45) is 5.41 Å². The van der Waals surface area contributed by atoms with Gasteiger partial charge in [-0.25, -0.2) is 4.79 Å². The summed E-state index contributed by atoms with van der Waals surface area (Å²) < 4.78 is 45.2. The van der Waals surface area contributed by atoms with Crippen molar-refractivity contribution in [1.82, 2.24) is 15.1 Å². The number of anilines is 1. The van der Waals surface area contributed by atoms with Crippen LogP contribution in [0.2, 0.25) is 0 Å². The number of nitriles is 1. The maximum absolute atomic E-state index is 13.4. The largest absolute Gasteiger partial charge is 0.417 e. The van der Waals surface area contributed by atoms with Gasteiger partial charge in [-0.15, -0.1) is 0 Å². The van der Waals surface area contributed by atoms with Gasteiger partial charge in [-0.05, 0) is 49.3 Å². The second-order valence-corrected chi connectivity index (χ2v) is 9.49. The van der Waals surface area contributed by atoms with E-state index in [2.05, 4.69) is 5.32 Å². The summed E-state index contributed by atoms with van der Waals surface area (Å²) in [7, 11) is 4.91. The molecule has 192 valence electrons. The molecule has 0 aliphatic carbocycles. The summed E-state index contributed by atoms with van der Waals surface area (Å²) in [5.41, 5.74) is -1.21. The van der Waals surface area contributed by atoms with Gasteiger partial charge in [-0.2, -0.15) is 18.4 Å². The van der Waals surface area contributed by atoms with Crippen molar-refractivity contribution in [1.29, 1.82) is 5.26 Å². The van der Waals surface area contributed by atoms with E-state index in [1.165, 1.54) is 11.0 Å². The number of amides is 3. The molecule has 35 heavy (non-hydrogen) atoms. The van der Waals surface area contributed by atoms with Crippen LogP contribution in [-0.2, 0) is 15.7 Å². The maximum atomic E-state index is 13.4. The number of alkyl halides is 3. The van der Waals surface area contributed by atoms with Crippen LogP contribution in [0.15, 0.2) is 18.2 Å². The number of carbonyl (C=O) groups excluding carboxylic acids is 2. The van der Waals surface area contributed by atoms with Gasteiger partial charge in [0.05, 0.1) is 17.2 Å². The quantitative estimate of drug-likeness (QED) is 0.613. The first-order valence-corrected chi connectivity index (χ1v) is 11.6. The normalized spacial score (nSPS) is 19.5. The molecule has 1 aromatic rings. The Balaban J connectivity index is 1.73. The van der Waals surface area contributed by atoms with Crippen molar-refractivity contribution < 1.29 is 27.5 Å². The second-order valence-electron chi connectivity index (χ2n) is 9.49. The van der Waals surface area contributed by atoms with Crippen molar-refractivity contribution in [3.63, 3.8) is 0 Å². The Kier molecular flexibility index (Phi) is 8.15. The minimum absolute atomic E-state index is 0.141. The third-order valence-electron chi connectivity index (χ3n) is 6.91. The van der Waals surface area contributed by atoms with Gasteiger partial charge < -0.3 is 24.8 Å². The second kappa shape index (κ2) is 10.7. The number of urea groups is 1. The van der Waals surface area contributed by atoms with Crippen molar-refractivity contribution in [3.8, 4) is 6.07 Å². The number of likely N-dealkylation sites (N-methyl/N-ethyl adjacent to an activating group) is 1. The summed E-state index contributed by atoms with van der Waals surface area (Å²) in [4.78, 5) is 30.8. The SMILES string of the molecule is COCCCNC(=O)N1CC2(CCN(c3ccc(C#N)c(C(F)(F)F)c3)CC2)CC1C(=O)N(C)C. The van der Waals surface area contributed by atoms with Crippen LogP contribution < -0.4 is 10.2 Å². The van der Waals surface area contributed by atoms with E-state index in [1.54, 1.807) is 38.2 Å². The summed E-state index contributed by atoms with van der Waals surface area (Å²) in [6.07, 6.45) is -2.16. The number of ether oxygens (including phenoxy) is 1. The van der Waals surface area contributed by atoms with Crippen LogP contribution in [0.5, 0.6) is 0 Å². The summed E-state index contributed by atoms with van der Waals surface area (Å²) in [5.74, 6) is -0.141. The molecule has 2 aliphatic heterocycles. The molecule has 3 amide bonds. The van der Waals surface area contributed by atoms with Crippen LogP contribution in [0.1, 0.15) is 36.8 Å². The zero-order chi connectivity index (χ0) is 25.8. The monoisotopic (exact) mass is 495 g/mol. The average molecular weight is 496 g/mol. The third kappa shape index (κ3) is 5.99. The Hall–Kier alpha value is -3.00. The minimum atomic E-state index is -4.61. The van der Waals surface area contributed by atoms with E-state index in [0.717, 1.165) is 6.07 Å². The van der Waals surface area contributed by atoms with Crippen LogP contribution in [0, 0.1) is 16.7 Å². The maximum Gasteiger partial charge on any atom is 0.417 e. The van der Waals surface area contributed by atoms with Crippen LogP contribution >= 0.6 is 0 Å². The molecule has 2 fully saturated rings. The summed E-state index contributed by atoms with van der Waals surface area (Å²) in [6.45, 7) is 2.37. The zero-order valence-corrected chi connectivity index (χ0v) is 20.3. The highest BCUT2D eigenvalue weighted by molar-refractivity contribution is 5.87. The summed E-state index contributed by atoms with van der Waals surface area (Å²) in [6, 6.07) is 4.52. The van der Waals surface area contributed by atoms with Gasteiger partial charge in [0.2, 0.25) is 5.91 Å². The van der Waals surface area contributed by atoms with E-state index in [0.29, 0.717) is 64.2 Å². The predicted molar refractivity (Wildman–Crippen MR) is 124 cm³/mol. The number of benzene rings is 1. The Bertz CT molecular complexity index is 968. The average Bonchev–Trinajstić information content (AvgIpc) is 3.19. The fraction of sp³-hybridized carbons (Fsp3) is 0.625. The molecule has 2 saturated heterocycles. The lowest BCUT2D eigenvalue weighted by molar-refractivity contribution is -0.137.